The molecule has 0 aliphatic rings. The number of amides is 1. The SMILES string of the molecule is O=C(Nc1cccc(F)c1)c1c(O)cc(O)c([N+](=O)[O-])c1O. The van der Waals surface area contributed by atoms with E-state index in [2.05, 4.69) is 5.32 Å². The highest BCUT2D eigenvalue weighted by Gasteiger charge is 2.29. The molecule has 0 heterocycles. The fourth-order valence-electron chi connectivity index (χ4n) is 1.79. The van der Waals surface area contributed by atoms with Gasteiger partial charge in [-0.3, -0.25) is 14.9 Å². The Hall–Kier alpha value is -3.36. The Balaban J connectivity index is 2.46. The number of aromatic hydroxyl groups is 3. The zero-order valence-electron chi connectivity index (χ0n) is 10.8. The van der Waals surface area contributed by atoms with Gasteiger partial charge in [-0.2, -0.15) is 0 Å². The first-order valence-electron chi connectivity index (χ1n) is 5.80. The molecule has 0 aliphatic carbocycles. The maximum atomic E-state index is 13.0. The Kier molecular flexibility index (Phi) is 3.80. The van der Waals surface area contributed by atoms with E-state index < -0.39 is 45.1 Å². The quantitative estimate of drug-likeness (QED) is 0.507. The van der Waals surface area contributed by atoms with E-state index in [4.69, 9.17) is 0 Å². The molecule has 8 nitrogen and oxygen atoms in total. The van der Waals surface area contributed by atoms with Crippen LogP contribution in [0.3, 0.4) is 0 Å². The minimum Gasteiger partial charge on any atom is -0.507 e. The van der Waals surface area contributed by atoms with E-state index in [9.17, 15) is 34.6 Å². The van der Waals surface area contributed by atoms with Crippen LogP contribution in [-0.4, -0.2) is 26.2 Å². The van der Waals surface area contributed by atoms with Gasteiger partial charge in [0.1, 0.15) is 17.1 Å². The first-order chi connectivity index (χ1) is 10.3. The molecule has 9 heteroatoms. The molecule has 2 rings (SSSR count). The Morgan fingerprint density at radius 1 is 1.18 bits per heavy atom. The highest BCUT2D eigenvalue weighted by molar-refractivity contribution is 6.09. The van der Waals surface area contributed by atoms with Crippen molar-refractivity contribution in [2.24, 2.45) is 0 Å². The van der Waals surface area contributed by atoms with Gasteiger partial charge >= 0.3 is 5.69 Å². The van der Waals surface area contributed by atoms with Crippen molar-refractivity contribution in [3.8, 4) is 17.2 Å². The molecular weight excluding hydrogens is 299 g/mol. The summed E-state index contributed by atoms with van der Waals surface area (Å²) in [5.41, 5.74) is -1.92. The molecule has 114 valence electrons. The molecule has 22 heavy (non-hydrogen) atoms. The standard InChI is InChI=1S/C13H9FN2O6/c14-6-2-1-3-7(4-6)15-13(20)10-8(17)5-9(18)11(12(10)19)16(21)22/h1-5,17-19H,(H,15,20). The molecule has 1 amide bonds. The molecule has 0 fully saturated rings. The third-order valence-electron chi connectivity index (χ3n) is 2.73. The fraction of sp³-hybridized carbons (Fsp3) is 0. The molecule has 4 N–H and O–H groups in total. The topological polar surface area (TPSA) is 133 Å². The number of nitro benzene ring substituents is 1. The van der Waals surface area contributed by atoms with Gasteiger partial charge in [0, 0.05) is 11.8 Å². The van der Waals surface area contributed by atoms with E-state index in [0.717, 1.165) is 12.1 Å². The third kappa shape index (κ3) is 2.73. The summed E-state index contributed by atoms with van der Waals surface area (Å²) in [6, 6.07) is 5.31. The van der Waals surface area contributed by atoms with Gasteiger partial charge in [-0.1, -0.05) is 6.07 Å². The number of nitrogens with one attached hydrogen (secondary N) is 1. The number of phenols is 3. The maximum absolute atomic E-state index is 13.0. The first-order valence-corrected chi connectivity index (χ1v) is 5.80. The second-order valence-corrected chi connectivity index (χ2v) is 4.21. The van der Waals surface area contributed by atoms with Crippen LogP contribution in [0.4, 0.5) is 15.8 Å². The summed E-state index contributed by atoms with van der Waals surface area (Å²) in [4.78, 5) is 21.6. The summed E-state index contributed by atoms with van der Waals surface area (Å²) >= 11 is 0. The summed E-state index contributed by atoms with van der Waals surface area (Å²) in [6.45, 7) is 0. The van der Waals surface area contributed by atoms with E-state index in [1.54, 1.807) is 0 Å². The fourth-order valence-corrected chi connectivity index (χ4v) is 1.79. The number of hydrogen-bond donors (Lipinski definition) is 4. The molecule has 2 aromatic carbocycles. The molecule has 0 bridgehead atoms. The minimum absolute atomic E-state index is 0.0135. The number of rotatable bonds is 3. The highest BCUT2D eigenvalue weighted by atomic mass is 19.1. The molecule has 2 aromatic rings. The average molecular weight is 308 g/mol. The Labute approximate surface area is 122 Å². The van der Waals surface area contributed by atoms with Gasteiger partial charge in [0.2, 0.25) is 11.5 Å². The molecular formula is C13H9FN2O6. The number of nitrogens with zero attached hydrogens (tertiary/aromatic N) is 1. The smallest absolute Gasteiger partial charge is 0.353 e. The number of anilines is 1. The number of phenolic OH excluding ortho intramolecular Hbond substituents is 3. The lowest BCUT2D eigenvalue weighted by Gasteiger charge is -2.09. The summed E-state index contributed by atoms with van der Waals surface area (Å²) in [5, 5.41) is 41.6. The van der Waals surface area contributed by atoms with Crippen molar-refractivity contribution in [3.05, 3.63) is 51.8 Å². The van der Waals surface area contributed by atoms with Crippen molar-refractivity contribution in [3.63, 3.8) is 0 Å². The van der Waals surface area contributed by atoms with Gasteiger partial charge in [0.15, 0.2) is 0 Å². The lowest BCUT2D eigenvalue weighted by Crippen LogP contribution is -2.13. The molecule has 0 unspecified atom stereocenters. The first kappa shape index (κ1) is 15.0. The molecule has 0 aromatic heterocycles. The molecule has 0 atom stereocenters. The van der Waals surface area contributed by atoms with Gasteiger partial charge in [0.05, 0.1) is 4.92 Å². The van der Waals surface area contributed by atoms with Crippen molar-refractivity contribution < 1.29 is 29.4 Å². The van der Waals surface area contributed by atoms with Crippen LogP contribution in [0.15, 0.2) is 30.3 Å². The molecule has 0 radical (unpaired) electrons. The molecule has 0 spiro atoms. The number of carbonyl (C=O) groups excluding carboxylic acids is 1. The number of nitro groups is 1. The van der Waals surface area contributed by atoms with Crippen LogP contribution in [0.5, 0.6) is 17.2 Å². The zero-order chi connectivity index (χ0) is 16.4. The van der Waals surface area contributed by atoms with Crippen LogP contribution in [0.1, 0.15) is 10.4 Å². The predicted octanol–water partition coefficient (Wildman–Crippen LogP) is 2.10. The monoisotopic (exact) mass is 308 g/mol. The van der Waals surface area contributed by atoms with E-state index in [0.29, 0.717) is 6.07 Å². The Morgan fingerprint density at radius 2 is 1.86 bits per heavy atom. The van der Waals surface area contributed by atoms with Crippen molar-refractivity contribution in [1.82, 2.24) is 0 Å². The van der Waals surface area contributed by atoms with E-state index >= 15 is 0 Å². The lowest BCUT2D eigenvalue weighted by molar-refractivity contribution is -0.386. The van der Waals surface area contributed by atoms with E-state index in [1.165, 1.54) is 12.1 Å². The number of hydrogen-bond acceptors (Lipinski definition) is 6. The number of halogens is 1. The van der Waals surface area contributed by atoms with Crippen LogP contribution in [0.2, 0.25) is 0 Å². The summed E-state index contributed by atoms with van der Waals surface area (Å²) in [7, 11) is 0. The highest BCUT2D eigenvalue weighted by Crippen LogP contribution is 2.43. The van der Waals surface area contributed by atoms with Crippen LogP contribution in [-0.2, 0) is 0 Å². The van der Waals surface area contributed by atoms with Crippen molar-refractivity contribution >= 4 is 17.3 Å². The largest absolute Gasteiger partial charge is 0.507 e. The summed E-state index contributed by atoms with van der Waals surface area (Å²) < 4.78 is 13.0. The number of benzene rings is 2. The third-order valence-corrected chi connectivity index (χ3v) is 2.73. The van der Waals surface area contributed by atoms with Crippen LogP contribution >= 0.6 is 0 Å². The number of carbonyl (C=O) groups is 1. The van der Waals surface area contributed by atoms with E-state index in [1.807, 2.05) is 0 Å². The van der Waals surface area contributed by atoms with Crippen LogP contribution < -0.4 is 5.32 Å². The summed E-state index contributed by atoms with van der Waals surface area (Å²) in [5.74, 6) is -4.81. The Morgan fingerprint density at radius 3 is 2.45 bits per heavy atom. The molecule has 0 saturated carbocycles. The van der Waals surface area contributed by atoms with Crippen LogP contribution in [0, 0.1) is 15.9 Å². The van der Waals surface area contributed by atoms with Crippen molar-refractivity contribution in [1.29, 1.82) is 0 Å². The Bertz CT molecular complexity index is 777. The normalized spacial score (nSPS) is 10.2. The second-order valence-electron chi connectivity index (χ2n) is 4.21. The van der Waals surface area contributed by atoms with Gasteiger partial charge in [-0.15, -0.1) is 0 Å². The molecule has 0 aliphatic heterocycles. The second kappa shape index (κ2) is 5.56. The van der Waals surface area contributed by atoms with Gasteiger partial charge < -0.3 is 20.6 Å². The minimum atomic E-state index is -1.20. The summed E-state index contributed by atoms with van der Waals surface area (Å²) in [6.07, 6.45) is 0. The maximum Gasteiger partial charge on any atom is 0.353 e. The average Bonchev–Trinajstić information content (AvgIpc) is 2.37. The van der Waals surface area contributed by atoms with Crippen LogP contribution in [0.25, 0.3) is 0 Å². The van der Waals surface area contributed by atoms with Gasteiger partial charge in [-0.05, 0) is 18.2 Å². The van der Waals surface area contributed by atoms with Gasteiger partial charge in [-0.25, -0.2) is 4.39 Å². The van der Waals surface area contributed by atoms with E-state index in [-0.39, 0.29) is 5.69 Å². The van der Waals surface area contributed by atoms with Gasteiger partial charge in [0.25, 0.3) is 5.91 Å². The van der Waals surface area contributed by atoms with Crippen molar-refractivity contribution in [2.75, 3.05) is 5.32 Å². The zero-order valence-corrected chi connectivity index (χ0v) is 10.8. The molecule has 0 saturated heterocycles. The lowest BCUT2D eigenvalue weighted by atomic mass is 10.1. The predicted molar refractivity (Wildman–Crippen MR) is 72.4 cm³/mol. The van der Waals surface area contributed by atoms with Crippen molar-refractivity contribution in [2.45, 2.75) is 0 Å².